The molecule has 0 aliphatic heterocycles. The van der Waals surface area contributed by atoms with Crippen molar-refractivity contribution < 1.29 is 5.11 Å². The van der Waals surface area contributed by atoms with Crippen molar-refractivity contribution >= 4 is 0 Å². The van der Waals surface area contributed by atoms with Gasteiger partial charge in [0.1, 0.15) is 5.75 Å². The maximum atomic E-state index is 8.63. The van der Waals surface area contributed by atoms with Crippen LogP contribution in [0.2, 0.25) is 0 Å². The van der Waals surface area contributed by atoms with Gasteiger partial charge >= 0.3 is 0 Å². The first-order valence-corrected chi connectivity index (χ1v) is 7.11. The zero-order chi connectivity index (χ0) is 14.9. The third-order valence-electron chi connectivity index (χ3n) is 2.01. The second kappa shape index (κ2) is 16.2. The molecule has 0 aromatic heterocycles. The number of benzene rings is 2. The van der Waals surface area contributed by atoms with Gasteiger partial charge in [0, 0.05) is 0 Å². The molecular formula is C18H28O. The summed E-state index contributed by atoms with van der Waals surface area (Å²) >= 11 is 0. The summed E-state index contributed by atoms with van der Waals surface area (Å²) in [7, 11) is 0. The largest absolute Gasteiger partial charge is 0.508 e. The molecule has 0 heterocycles. The minimum Gasteiger partial charge on any atom is -0.508 e. The summed E-state index contributed by atoms with van der Waals surface area (Å²) in [6.07, 6.45) is 1.14. The van der Waals surface area contributed by atoms with Gasteiger partial charge in [-0.25, -0.2) is 0 Å². The lowest BCUT2D eigenvalue weighted by Gasteiger charge is -1.89. The number of aromatic hydroxyl groups is 1. The Bertz CT molecular complexity index is 354. The normalized spacial score (nSPS) is 7.63. The molecule has 0 bridgehead atoms. The van der Waals surface area contributed by atoms with Gasteiger partial charge < -0.3 is 5.11 Å². The maximum absolute atomic E-state index is 8.63. The van der Waals surface area contributed by atoms with Crippen LogP contribution in [0.5, 0.6) is 5.75 Å². The Kier molecular flexibility index (Phi) is 16.7. The third kappa shape index (κ3) is 12.5. The molecule has 0 radical (unpaired) electrons. The zero-order valence-electron chi connectivity index (χ0n) is 12.9. The predicted octanol–water partition coefficient (Wildman–Crippen LogP) is 5.69. The van der Waals surface area contributed by atoms with Gasteiger partial charge in [-0.15, -0.1) is 0 Å². The molecule has 106 valence electrons. The second-order valence-electron chi connectivity index (χ2n) is 3.17. The van der Waals surface area contributed by atoms with E-state index in [1.807, 2.05) is 39.8 Å². The molecule has 1 nitrogen and oxygen atoms in total. The highest BCUT2D eigenvalue weighted by atomic mass is 16.3. The van der Waals surface area contributed by atoms with Crippen molar-refractivity contribution in [1.82, 2.24) is 0 Å². The van der Waals surface area contributed by atoms with Gasteiger partial charge in [0.2, 0.25) is 0 Å². The van der Waals surface area contributed by atoms with Gasteiger partial charge in [0.05, 0.1) is 0 Å². The Hall–Kier alpha value is -1.76. The average molecular weight is 260 g/mol. The Balaban J connectivity index is 0. The highest BCUT2D eigenvalue weighted by Crippen LogP contribution is 2.02. The van der Waals surface area contributed by atoms with E-state index < -0.39 is 0 Å². The van der Waals surface area contributed by atoms with Crippen molar-refractivity contribution in [3.63, 3.8) is 0 Å². The van der Waals surface area contributed by atoms with E-state index in [0.717, 1.165) is 6.42 Å². The Morgan fingerprint density at radius 2 is 1.05 bits per heavy atom. The third-order valence-corrected chi connectivity index (χ3v) is 2.01. The fraction of sp³-hybridized carbons (Fsp3) is 0.333. The molecule has 0 atom stereocenters. The molecule has 0 saturated heterocycles. The molecule has 0 unspecified atom stereocenters. The Morgan fingerprint density at radius 1 is 0.684 bits per heavy atom. The number of phenols is 1. The van der Waals surface area contributed by atoms with Crippen molar-refractivity contribution in [1.29, 1.82) is 0 Å². The first-order chi connectivity index (χ1) is 9.33. The summed E-state index contributed by atoms with van der Waals surface area (Å²) in [5, 5.41) is 8.63. The van der Waals surface area contributed by atoms with Crippen LogP contribution in [0.1, 0.15) is 40.2 Å². The summed E-state index contributed by atoms with van der Waals surface area (Å²) in [4.78, 5) is 0. The van der Waals surface area contributed by atoms with E-state index in [1.54, 1.807) is 24.3 Å². The van der Waals surface area contributed by atoms with E-state index in [2.05, 4.69) is 31.2 Å². The first-order valence-electron chi connectivity index (χ1n) is 7.11. The maximum Gasteiger partial charge on any atom is 0.115 e. The van der Waals surface area contributed by atoms with Crippen LogP contribution < -0.4 is 0 Å². The highest BCUT2D eigenvalue weighted by Gasteiger charge is 1.80. The van der Waals surface area contributed by atoms with Gasteiger partial charge in [-0.2, -0.15) is 0 Å². The van der Waals surface area contributed by atoms with E-state index in [1.165, 1.54) is 5.56 Å². The van der Waals surface area contributed by atoms with E-state index >= 15 is 0 Å². The van der Waals surface area contributed by atoms with Crippen LogP contribution in [0.4, 0.5) is 0 Å². The number of rotatable bonds is 1. The molecule has 1 heteroatoms. The van der Waals surface area contributed by atoms with E-state index in [4.69, 9.17) is 5.11 Å². The first kappa shape index (κ1) is 19.6. The monoisotopic (exact) mass is 260 g/mol. The van der Waals surface area contributed by atoms with Crippen LogP contribution in [0, 0.1) is 0 Å². The number of hydrogen-bond donors (Lipinski definition) is 1. The summed E-state index contributed by atoms with van der Waals surface area (Å²) in [5.74, 6) is 0.322. The zero-order valence-corrected chi connectivity index (χ0v) is 12.9. The van der Waals surface area contributed by atoms with Gasteiger partial charge in [-0.05, 0) is 24.1 Å². The smallest absolute Gasteiger partial charge is 0.115 e. The van der Waals surface area contributed by atoms with Gasteiger partial charge in [0.25, 0.3) is 0 Å². The van der Waals surface area contributed by atoms with Crippen molar-refractivity contribution in [2.24, 2.45) is 0 Å². The molecule has 0 spiro atoms. The summed E-state index contributed by atoms with van der Waals surface area (Å²) in [6.45, 7) is 10.2. The molecule has 0 aliphatic rings. The molecule has 0 aliphatic carbocycles. The fourth-order valence-electron chi connectivity index (χ4n) is 1.14. The SMILES string of the molecule is CC.CC.CCc1ccccc1.Oc1ccccc1. The van der Waals surface area contributed by atoms with Crippen LogP contribution in [-0.4, -0.2) is 5.11 Å². The van der Waals surface area contributed by atoms with Gasteiger partial charge in [-0.3, -0.25) is 0 Å². The van der Waals surface area contributed by atoms with Crippen molar-refractivity contribution in [2.45, 2.75) is 41.0 Å². The Morgan fingerprint density at radius 3 is 1.26 bits per heavy atom. The number of hydrogen-bond acceptors (Lipinski definition) is 1. The average Bonchev–Trinajstić information content (AvgIpc) is 2.53. The standard InChI is InChI=1S/C8H10.C6H6O.2C2H6/c1-2-8-6-4-3-5-7-8;7-6-4-2-1-3-5-6;2*1-2/h3-7H,2H2,1H3;1-5,7H;2*1-2H3. The summed E-state index contributed by atoms with van der Waals surface area (Å²) in [5.41, 5.74) is 1.41. The minimum absolute atomic E-state index is 0.322. The van der Waals surface area contributed by atoms with Crippen molar-refractivity contribution in [2.75, 3.05) is 0 Å². The van der Waals surface area contributed by atoms with Gasteiger partial charge in [0.15, 0.2) is 0 Å². The second-order valence-corrected chi connectivity index (χ2v) is 3.17. The van der Waals surface area contributed by atoms with Crippen LogP contribution in [-0.2, 0) is 6.42 Å². The van der Waals surface area contributed by atoms with Crippen molar-refractivity contribution in [3.05, 3.63) is 66.2 Å². The fourth-order valence-corrected chi connectivity index (χ4v) is 1.14. The molecule has 0 fully saturated rings. The minimum atomic E-state index is 0.322. The highest BCUT2D eigenvalue weighted by molar-refractivity contribution is 5.18. The van der Waals surface area contributed by atoms with Crippen LogP contribution in [0.15, 0.2) is 60.7 Å². The molecule has 2 rings (SSSR count). The topological polar surface area (TPSA) is 20.2 Å². The summed E-state index contributed by atoms with van der Waals surface area (Å²) in [6, 6.07) is 19.2. The summed E-state index contributed by atoms with van der Waals surface area (Å²) < 4.78 is 0. The number of aryl methyl sites for hydroxylation is 1. The van der Waals surface area contributed by atoms with Crippen LogP contribution in [0.25, 0.3) is 0 Å². The molecule has 0 saturated carbocycles. The molecular weight excluding hydrogens is 232 g/mol. The molecule has 0 amide bonds. The lowest BCUT2D eigenvalue weighted by Crippen LogP contribution is -1.73. The van der Waals surface area contributed by atoms with Crippen LogP contribution >= 0.6 is 0 Å². The van der Waals surface area contributed by atoms with Gasteiger partial charge in [-0.1, -0.05) is 83.1 Å². The van der Waals surface area contributed by atoms with Crippen molar-refractivity contribution in [3.8, 4) is 5.75 Å². The predicted molar refractivity (Wildman–Crippen MR) is 86.6 cm³/mol. The number of para-hydroxylation sites is 1. The Labute approximate surface area is 118 Å². The van der Waals surface area contributed by atoms with E-state index in [-0.39, 0.29) is 0 Å². The number of phenolic OH excluding ortho intramolecular Hbond substituents is 1. The molecule has 2 aromatic rings. The lowest BCUT2D eigenvalue weighted by atomic mass is 10.2. The molecule has 2 aromatic carbocycles. The lowest BCUT2D eigenvalue weighted by molar-refractivity contribution is 0.475. The van der Waals surface area contributed by atoms with E-state index in [9.17, 15) is 0 Å². The van der Waals surface area contributed by atoms with E-state index in [0.29, 0.717) is 5.75 Å². The quantitative estimate of drug-likeness (QED) is 0.698. The molecule has 19 heavy (non-hydrogen) atoms. The van der Waals surface area contributed by atoms with Crippen LogP contribution in [0.3, 0.4) is 0 Å². The molecule has 1 N–H and O–H groups in total.